The first-order valence-electron chi connectivity index (χ1n) is 20.6. The van der Waals surface area contributed by atoms with E-state index in [1.54, 1.807) is 12.1 Å². The summed E-state index contributed by atoms with van der Waals surface area (Å²) in [6.07, 6.45) is -4.47. The Balaban J connectivity index is 1.19. The summed E-state index contributed by atoms with van der Waals surface area (Å²) in [7, 11) is 0. The molecule has 0 saturated heterocycles. The summed E-state index contributed by atoms with van der Waals surface area (Å²) in [6, 6.07) is 78.4. The molecular weight excluding hydrogens is 756 g/mol. The normalized spacial score (nSPS) is 14.1. The fraction of sp³-hybridized carbons (Fsp3) is 0.0526. The minimum absolute atomic E-state index is 0.619. The molecule has 0 aromatic heterocycles. The average molecular weight is 794 g/mol. The van der Waals surface area contributed by atoms with E-state index in [2.05, 4.69) is 187 Å². The number of hydrogen-bond acceptors (Lipinski definition) is 1. The predicted octanol–water partition coefficient (Wildman–Crippen LogP) is 14.9. The van der Waals surface area contributed by atoms with E-state index in [9.17, 15) is 13.2 Å². The zero-order chi connectivity index (χ0) is 41.2. The SMILES string of the molecule is FC(F)(F)c1ccc(N(c2ccc3c(c2)C(c2ccccc2)(c2ccccc2)c2ccccc2-3)c2ccc3c(c2)C(c2ccccc2)(c2ccccc2)c2ccccc2-3)cc1. The van der Waals surface area contributed by atoms with Crippen LogP contribution in [0.3, 0.4) is 0 Å². The maximum atomic E-state index is 14.1. The van der Waals surface area contributed by atoms with Gasteiger partial charge in [0.2, 0.25) is 0 Å². The fourth-order valence-corrected chi connectivity index (χ4v) is 10.4. The molecule has 0 fully saturated rings. The van der Waals surface area contributed by atoms with Crippen LogP contribution in [0, 0.1) is 0 Å². The van der Waals surface area contributed by atoms with Crippen LogP contribution in [0.5, 0.6) is 0 Å². The Kier molecular flexibility index (Phi) is 8.47. The Morgan fingerprint density at radius 3 is 0.967 bits per heavy atom. The van der Waals surface area contributed by atoms with Crippen molar-refractivity contribution in [3.8, 4) is 22.3 Å². The second-order valence-electron chi connectivity index (χ2n) is 15.9. The van der Waals surface area contributed by atoms with Gasteiger partial charge in [0.05, 0.1) is 16.4 Å². The first-order chi connectivity index (χ1) is 29.9. The van der Waals surface area contributed by atoms with E-state index in [-0.39, 0.29) is 0 Å². The Morgan fingerprint density at radius 2 is 0.607 bits per heavy atom. The molecule has 9 aromatic carbocycles. The Morgan fingerprint density at radius 1 is 0.295 bits per heavy atom. The summed E-state index contributed by atoms with van der Waals surface area (Å²) in [4.78, 5) is 2.12. The van der Waals surface area contributed by atoms with E-state index in [0.29, 0.717) is 5.69 Å². The molecule has 1 nitrogen and oxygen atoms in total. The standard InChI is InChI=1S/C57H38F3N/c58-57(59,60)43-29-31-44(32-30-43)61(45-33-35-49-47-25-13-15-27-51(47)55(53(49)37-45,39-17-5-1-6-18-39)40-19-7-2-8-20-40)46-34-36-50-48-26-14-16-28-52(48)56(54(50)38-46,41-21-9-3-10-22-41)42-23-11-4-12-24-42/h1-38H. The minimum atomic E-state index is -4.47. The van der Waals surface area contributed by atoms with Crippen LogP contribution >= 0.6 is 0 Å². The van der Waals surface area contributed by atoms with Crippen LogP contribution in [0.4, 0.5) is 30.2 Å². The summed E-state index contributed by atoms with van der Waals surface area (Å²) in [5.41, 5.74) is 14.0. The maximum absolute atomic E-state index is 14.1. The molecule has 2 aliphatic rings. The van der Waals surface area contributed by atoms with Gasteiger partial charge in [-0.2, -0.15) is 13.2 Å². The highest BCUT2D eigenvalue weighted by Gasteiger charge is 2.48. The van der Waals surface area contributed by atoms with E-state index >= 15 is 0 Å². The van der Waals surface area contributed by atoms with Crippen molar-refractivity contribution in [2.24, 2.45) is 0 Å². The molecule has 0 saturated carbocycles. The van der Waals surface area contributed by atoms with Crippen molar-refractivity contribution in [2.45, 2.75) is 17.0 Å². The molecule has 61 heavy (non-hydrogen) atoms. The van der Waals surface area contributed by atoms with Crippen molar-refractivity contribution in [3.05, 3.63) is 281 Å². The van der Waals surface area contributed by atoms with Crippen LogP contribution in [-0.2, 0) is 17.0 Å². The second-order valence-corrected chi connectivity index (χ2v) is 15.9. The maximum Gasteiger partial charge on any atom is 0.416 e. The Labute approximate surface area is 353 Å². The Hall–Kier alpha value is -7.43. The zero-order valence-corrected chi connectivity index (χ0v) is 33.0. The number of alkyl halides is 3. The first-order valence-corrected chi connectivity index (χ1v) is 20.6. The van der Waals surface area contributed by atoms with Gasteiger partial charge in [0.25, 0.3) is 0 Å². The van der Waals surface area contributed by atoms with Gasteiger partial charge < -0.3 is 4.90 Å². The summed E-state index contributed by atoms with van der Waals surface area (Å²) in [5, 5.41) is 0. The van der Waals surface area contributed by atoms with Crippen LogP contribution < -0.4 is 4.90 Å². The lowest BCUT2D eigenvalue weighted by Crippen LogP contribution is -2.29. The average Bonchev–Trinajstić information content (AvgIpc) is 3.78. The third-order valence-corrected chi connectivity index (χ3v) is 12.9. The van der Waals surface area contributed by atoms with Crippen LogP contribution in [0.2, 0.25) is 0 Å². The van der Waals surface area contributed by atoms with Crippen LogP contribution in [0.1, 0.15) is 50.1 Å². The molecule has 0 N–H and O–H groups in total. The number of fused-ring (bicyclic) bond motifs is 6. The molecule has 4 heteroatoms. The quantitative estimate of drug-likeness (QED) is 0.155. The van der Waals surface area contributed by atoms with E-state index in [0.717, 1.165) is 67.0 Å². The second kappa shape index (κ2) is 14.1. The van der Waals surface area contributed by atoms with Crippen LogP contribution in [0.15, 0.2) is 231 Å². The number of hydrogen-bond donors (Lipinski definition) is 0. The van der Waals surface area contributed by atoms with Gasteiger partial charge in [-0.3, -0.25) is 0 Å². The van der Waals surface area contributed by atoms with E-state index in [4.69, 9.17) is 0 Å². The van der Waals surface area contributed by atoms with Gasteiger partial charge in [-0.15, -0.1) is 0 Å². The van der Waals surface area contributed by atoms with Crippen molar-refractivity contribution in [1.29, 1.82) is 0 Å². The summed E-state index contributed by atoms with van der Waals surface area (Å²) in [5.74, 6) is 0. The third kappa shape index (κ3) is 5.48. The predicted molar refractivity (Wildman–Crippen MR) is 241 cm³/mol. The van der Waals surface area contributed by atoms with Crippen LogP contribution in [-0.4, -0.2) is 0 Å². The van der Waals surface area contributed by atoms with Gasteiger partial charge >= 0.3 is 6.18 Å². The van der Waals surface area contributed by atoms with Crippen LogP contribution in [0.25, 0.3) is 22.3 Å². The Bertz CT molecular complexity index is 2790. The lowest BCUT2D eigenvalue weighted by Gasteiger charge is -2.36. The lowest BCUT2D eigenvalue weighted by atomic mass is 9.67. The highest BCUT2D eigenvalue weighted by Crippen LogP contribution is 2.59. The van der Waals surface area contributed by atoms with Crippen molar-refractivity contribution < 1.29 is 13.2 Å². The molecule has 2 aliphatic carbocycles. The molecule has 0 spiro atoms. The monoisotopic (exact) mass is 793 g/mol. The number of anilines is 3. The van der Waals surface area contributed by atoms with E-state index < -0.39 is 22.6 Å². The molecule has 0 radical (unpaired) electrons. The number of rotatable bonds is 7. The first kappa shape index (κ1) is 36.6. The summed E-state index contributed by atoms with van der Waals surface area (Å²) >= 11 is 0. The van der Waals surface area contributed by atoms with E-state index in [1.165, 1.54) is 23.3 Å². The van der Waals surface area contributed by atoms with Gasteiger partial charge in [0, 0.05) is 17.1 Å². The molecule has 0 aliphatic heterocycles. The van der Waals surface area contributed by atoms with Crippen molar-refractivity contribution in [3.63, 3.8) is 0 Å². The number of halogens is 3. The van der Waals surface area contributed by atoms with Gasteiger partial charge in [0.15, 0.2) is 0 Å². The van der Waals surface area contributed by atoms with Crippen molar-refractivity contribution in [2.75, 3.05) is 4.90 Å². The third-order valence-electron chi connectivity index (χ3n) is 12.9. The highest BCUT2D eigenvalue weighted by molar-refractivity contribution is 5.92. The number of benzene rings is 9. The van der Waals surface area contributed by atoms with Gasteiger partial charge in [-0.25, -0.2) is 0 Å². The van der Waals surface area contributed by atoms with Gasteiger partial charge in [0.1, 0.15) is 0 Å². The van der Waals surface area contributed by atoms with Crippen molar-refractivity contribution >= 4 is 17.1 Å². The highest BCUT2D eigenvalue weighted by atomic mass is 19.4. The summed E-state index contributed by atoms with van der Waals surface area (Å²) < 4.78 is 42.4. The minimum Gasteiger partial charge on any atom is -0.310 e. The smallest absolute Gasteiger partial charge is 0.310 e. The zero-order valence-electron chi connectivity index (χ0n) is 33.0. The molecule has 0 amide bonds. The molecular formula is C57H38F3N. The van der Waals surface area contributed by atoms with Gasteiger partial charge in [-0.1, -0.05) is 182 Å². The molecule has 292 valence electrons. The van der Waals surface area contributed by atoms with Crippen molar-refractivity contribution in [1.82, 2.24) is 0 Å². The topological polar surface area (TPSA) is 3.24 Å². The van der Waals surface area contributed by atoms with E-state index in [1.807, 2.05) is 24.3 Å². The molecule has 11 rings (SSSR count). The molecule has 0 atom stereocenters. The fourth-order valence-electron chi connectivity index (χ4n) is 10.4. The molecule has 9 aromatic rings. The number of nitrogens with zero attached hydrogens (tertiary/aromatic N) is 1. The largest absolute Gasteiger partial charge is 0.416 e. The lowest BCUT2D eigenvalue weighted by molar-refractivity contribution is -0.137. The molecule has 0 heterocycles. The summed E-state index contributed by atoms with van der Waals surface area (Å²) in [6.45, 7) is 0. The molecule has 0 bridgehead atoms. The molecule has 0 unspecified atom stereocenters. The van der Waals surface area contributed by atoms with Gasteiger partial charge in [-0.05, 0) is 115 Å².